The molecule has 0 saturated carbocycles. The van der Waals surface area contributed by atoms with E-state index in [0.717, 1.165) is 11.3 Å². The third-order valence-electron chi connectivity index (χ3n) is 2.41. The Labute approximate surface area is 105 Å². The van der Waals surface area contributed by atoms with Crippen LogP contribution in [-0.4, -0.2) is 25.3 Å². The van der Waals surface area contributed by atoms with Crippen molar-refractivity contribution in [2.24, 2.45) is 5.14 Å². The number of nitrogens with two attached hydrogens (primary N) is 1. The molecular weight excluding hydrogens is 254 g/mol. The van der Waals surface area contributed by atoms with Crippen molar-refractivity contribution in [2.45, 2.75) is 11.6 Å². The molecule has 0 saturated heterocycles. The van der Waals surface area contributed by atoms with Gasteiger partial charge in [0.2, 0.25) is 0 Å². The Balaban J connectivity index is 2.16. The van der Waals surface area contributed by atoms with Crippen LogP contribution in [0.2, 0.25) is 0 Å². The number of primary sulfonamides is 1. The quantitative estimate of drug-likeness (QED) is 0.878. The molecule has 0 fully saturated rings. The predicted octanol–water partition coefficient (Wildman–Crippen LogP) is 0.587. The van der Waals surface area contributed by atoms with Gasteiger partial charge < -0.3 is 4.74 Å². The Hall–Kier alpha value is -1.86. The summed E-state index contributed by atoms with van der Waals surface area (Å²) < 4.78 is 28.7. The summed E-state index contributed by atoms with van der Waals surface area (Å²) in [4.78, 5) is 0. The van der Waals surface area contributed by atoms with E-state index < -0.39 is 10.0 Å². The van der Waals surface area contributed by atoms with Crippen LogP contribution in [0.4, 0.5) is 0 Å². The van der Waals surface area contributed by atoms with Gasteiger partial charge in [0.15, 0.2) is 5.03 Å². The third kappa shape index (κ3) is 2.88. The van der Waals surface area contributed by atoms with Crippen molar-refractivity contribution in [3.05, 3.63) is 42.1 Å². The zero-order valence-electron chi connectivity index (χ0n) is 9.78. The maximum absolute atomic E-state index is 11.1. The minimum Gasteiger partial charge on any atom is -0.497 e. The lowest BCUT2D eigenvalue weighted by molar-refractivity contribution is 0.414. The van der Waals surface area contributed by atoms with E-state index in [-0.39, 0.29) is 5.03 Å². The fraction of sp³-hybridized carbons (Fsp3) is 0.182. The number of benzene rings is 1. The molecule has 7 heteroatoms. The zero-order valence-corrected chi connectivity index (χ0v) is 10.6. The Kier molecular flexibility index (Phi) is 3.35. The first-order valence-electron chi connectivity index (χ1n) is 5.18. The molecule has 1 aromatic heterocycles. The number of hydrogen-bond donors (Lipinski definition) is 1. The van der Waals surface area contributed by atoms with Crippen LogP contribution >= 0.6 is 0 Å². The molecule has 0 atom stereocenters. The molecule has 2 rings (SSSR count). The van der Waals surface area contributed by atoms with Crippen LogP contribution in [0.1, 0.15) is 5.56 Å². The summed E-state index contributed by atoms with van der Waals surface area (Å²) >= 11 is 0. The van der Waals surface area contributed by atoms with Gasteiger partial charge in [-0.25, -0.2) is 13.6 Å². The van der Waals surface area contributed by atoms with Crippen molar-refractivity contribution in [3.63, 3.8) is 0 Å². The van der Waals surface area contributed by atoms with E-state index in [1.54, 1.807) is 13.3 Å². The molecule has 0 amide bonds. The fourth-order valence-corrected chi connectivity index (χ4v) is 1.97. The third-order valence-corrected chi connectivity index (χ3v) is 3.21. The Morgan fingerprint density at radius 3 is 2.44 bits per heavy atom. The summed E-state index contributed by atoms with van der Waals surface area (Å²) in [5, 5.41) is 8.74. The molecule has 1 aromatic carbocycles. The van der Waals surface area contributed by atoms with Crippen LogP contribution in [0.15, 0.2) is 41.6 Å². The first-order chi connectivity index (χ1) is 8.49. The minimum atomic E-state index is -3.74. The highest BCUT2D eigenvalue weighted by atomic mass is 32.2. The van der Waals surface area contributed by atoms with E-state index in [1.807, 2.05) is 24.3 Å². The molecule has 0 spiro atoms. The minimum absolute atomic E-state index is 0.129. The second-order valence-corrected chi connectivity index (χ2v) is 5.25. The SMILES string of the molecule is COc1ccc(Cn2ccc(S(N)(=O)=O)n2)cc1. The summed E-state index contributed by atoms with van der Waals surface area (Å²) in [7, 11) is -2.14. The van der Waals surface area contributed by atoms with Crippen molar-refractivity contribution in [3.8, 4) is 5.75 Å². The normalized spacial score (nSPS) is 11.4. The van der Waals surface area contributed by atoms with Crippen LogP contribution < -0.4 is 9.88 Å². The van der Waals surface area contributed by atoms with Gasteiger partial charge in [-0.2, -0.15) is 5.10 Å². The summed E-state index contributed by atoms with van der Waals surface area (Å²) in [6.45, 7) is 0.472. The van der Waals surface area contributed by atoms with E-state index in [2.05, 4.69) is 5.10 Å². The molecule has 96 valence electrons. The maximum atomic E-state index is 11.1. The van der Waals surface area contributed by atoms with Crippen LogP contribution in [0, 0.1) is 0 Å². The number of nitrogens with zero attached hydrogens (tertiary/aromatic N) is 2. The van der Waals surface area contributed by atoms with Crippen LogP contribution in [-0.2, 0) is 16.6 Å². The second-order valence-electron chi connectivity index (χ2n) is 3.74. The van der Waals surface area contributed by atoms with Gasteiger partial charge in [0, 0.05) is 6.20 Å². The molecule has 0 radical (unpaired) electrons. The van der Waals surface area contributed by atoms with Gasteiger partial charge in [0.25, 0.3) is 10.0 Å². The summed E-state index contributed by atoms with van der Waals surface area (Å²) in [6.07, 6.45) is 1.57. The van der Waals surface area contributed by atoms with Gasteiger partial charge in [-0.05, 0) is 23.8 Å². The predicted molar refractivity (Wildman–Crippen MR) is 65.7 cm³/mol. The zero-order chi connectivity index (χ0) is 13.2. The number of aromatic nitrogens is 2. The fourth-order valence-electron chi connectivity index (χ4n) is 1.50. The van der Waals surface area contributed by atoms with Gasteiger partial charge in [-0.15, -0.1) is 0 Å². The number of methoxy groups -OCH3 is 1. The van der Waals surface area contributed by atoms with Gasteiger partial charge in [-0.3, -0.25) is 4.68 Å². The lowest BCUT2D eigenvalue weighted by Gasteiger charge is -2.03. The topological polar surface area (TPSA) is 87.2 Å². The maximum Gasteiger partial charge on any atom is 0.257 e. The molecule has 0 aliphatic carbocycles. The van der Waals surface area contributed by atoms with Crippen LogP contribution in [0.25, 0.3) is 0 Å². The summed E-state index contributed by atoms with van der Waals surface area (Å²) in [6, 6.07) is 8.81. The lowest BCUT2D eigenvalue weighted by Crippen LogP contribution is -2.13. The molecule has 6 nitrogen and oxygen atoms in total. The van der Waals surface area contributed by atoms with E-state index in [0.29, 0.717) is 6.54 Å². The molecule has 1 heterocycles. The molecule has 0 bridgehead atoms. The summed E-state index contributed by atoms with van der Waals surface area (Å²) in [5.41, 5.74) is 0.986. The number of hydrogen-bond acceptors (Lipinski definition) is 4. The Bertz CT molecular complexity index is 632. The average Bonchev–Trinajstić information content (AvgIpc) is 2.78. The second kappa shape index (κ2) is 4.79. The molecule has 0 aliphatic heterocycles. The summed E-state index contributed by atoms with van der Waals surface area (Å²) in [5.74, 6) is 0.768. The van der Waals surface area contributed by atoms with Crippen LogP contribution in [0.3, 0.4) is 0 Å². The Morgan fingerprint density at radius 1 is 1.28 bits per heavy atom. The van der Waals surface area contributed by atoms with E-state index in [9.17, 15) is 8.42 Å². The highest BCUT2D eigenvalue weighted by molar-refractivity contribution is 7.89. The Morgan fingerprint density at radius 2 is 1.94 bits per heavy atom. The van der Waals surface area contributed by atoms with Gasteiger partial charge in [0.1, 0.15) is 5.75 Å². The van der Waals surface area contributed by atoms with E-state index in [1.165, 1.54) is 10.7 Å². The first kappa shape index (κ1) is 12.6. The smallest absolute Gasteiger partial charge is 0.257 e. The van der Waals surface area contributed by atoms with Crippen molar-refractivity contribution in [1.82, 2.24) is 9.78 Å². The van der Waals surface area contributed by atoms with Crippen LogP contribution in [0.5, 0.6) is 5.75 Å². The van der Waals surface area contributed by atoms with Crippen molar-refractivity contribution >= 4 is 10.0 Å². The average molecular weight is 267 g/mol. The number of sulfonamides is 1. The van der Waals surface area contributed by atoms with E-state index >= 15 is 0 Å². The van der Waals surface area contributed by atoms with Crippen molar-refractivity contribution in [2.75, 3.05) is 7.11 Å². The standard InChI is InChI=1S/C11H13N3O3S/c1-17-10-4-2-9(3-5-10)8-14-7-6-11(13-14)18(12,15)16/h2-7H,8H2,1H3,(H2,12,15,16). The highest BCUT2D eigenvalue weighted by Gasteiger charge is 2.11. The molecule has 0 aliphatic rings. The molecular formula is C11H13N3O3S. The van der Waals surface area contributed by atoms with Gasteiger partial charge >= 0.3 is 0 Å². The molecule has 2 N–H and O–H groups in total. The first-order valence-corrected chi connectivity index (χ1v) is 6.73. The largest absolute Gasteiger partial charge is 0.497 e. The van der Waals surface area contributed by atoms with Crippen molar-refractivity contribution in [1.29, 1.82) is 0 Å². The monoisotopic (exact) mass is 267 g/mol. The molecule has 18 heavy (non-hydrogen) atoms. The highest BCUT2D eigenvalue weighted by Crippen LogP contribution is 2.12. The van der Waals surface area contributed by atoms with E-state index in [4.69, 9.17) is 9.88 Å². The van der Waals surface area contributed by atoms with Gasteiger partial charge in [0.05, 0.1) is 13.7 Å². The number of rotatable bonds is 4. The van der Waals surface area contributed by atoms with Crippen molar-refractivity contribution < 1.29 is 13.2 Å². The molecule has 2 aromatic rings. The molecule has 0 unspecified atom stereocenters. The van der Waals surface area contributed by atoms with Gasteiger partial charge in [-0.1, -0.05) is 12.1 Å². The lowest BCUT2D eigenvalue weighted by atomic mass is 10.2. The number of ether oxygens (including phenoxy) is 1.